The van der Waals surface area contributed by atoms with Gasteiger partial charge in [0.05, 0.1) is 10.7 Å². The molecule has 5 nitrogen and oxygen atoms in total. The van der Waals surface area contributed by atoms with E-state index in [1.165, 1.54) is 22.5 Å². The van der Waals surface area contributed by atoms with Crippen molar-refractivity contribution in [2.45, 2.75) is 12.8 Å². The third-order valence-corrected chi connectivity index (χ3v) is 4.43. The highest BCUT2D eigenvalue weighted by molar-refractivity contribution is 7.90. The average molecular weight is 277 g/mol. The molecule has 1 aromatic carbocycles. The Morgan fingerprint density at radius 2 is 1.94 bits per heavy atom. The van der Waals surface area contributed by atoms with Gasteiger partial charge >= 0.3 is 10.2 Å². The quantitative estimate of drug-likeness (QED) is 0.827. The second-order valence-corrected chi connectivity index (χ2v) is 5.96. The van der Waals surface area contributed by atoms with Crippen LogP contribution in [-0.4, -0.2) is 30.9 Å². The minimum Gasteiger partial charge on any atom is -0.508 e. The van der Waals surface area contributed by atoms with Crippen LogP contribution in [0.15, 0.2) is 18.2 Å². The number of hydrogen-bond acceptors (Lipinski definition) is 3. The summed E-state index contributed by atoms with van der Waals surface area (Å²) in [6, 6.07) is 4.11. The normalized spacial score (nSPS) is 17.2. The lowest BCUT2D eigenvalue weighted by Crippen LogP contribution is -2.33. The number of phenolic OH excluding ortho intramolecular Hbond substituents is 1. The minimum atomic E-state index is -3.53. The van der Waals surface area contributed by atoms with Gasteiger partial charge in [-0.15, -0.1) is 0 Å². The predicted octanol–water partition coefficient (Wildman–Crippen LogP) is 1.80. The fourth-order valence-corrected chi connectivity index (χ4v) is 3.32. The first-order valence-corrected chi connectivity index (χ1v) is 7.07. The molecule has 0 amide bonds. The van der Waals surface area contributed by atoms with Gasteiger partial charge in [-0.2, -0.15) is 12.7 Å². The van der Waals surface area contributed by atoms with Crippen molar-refractivity contribution in [1.29, 1.82) is 0 Å². The first-order chi connectivity index (χ1) is 7.99. The third kappa shape index (κ3) is 2.83. The number of rotatable bonds is 3. The van der Waals surface area contributed by atoms with Gasteiger partial charge in [-0.05, 0) is 25.0 Å². The summed E-state index contributed by atoms with van der Waals surface area (Å²) in [7, 11) is -3.53. The molecule has 1 heterocycles. The molecule has 1 aliphatic rings. The van der Waals surface area contributed by atoms with E-state index in [1.807, 2.05) is 0 Å². The molecule has 0 aliphatic carbocycles. The van der Waals surface area contributed by atoms with E-state index in [0.29, 0.717) is 13.1 Å². The van der Waals surface area contributed by atoms with Crippen LogP contribution < -0.4 is 4.72 Å². The molecule has 0 saturated carbocycles. The minimum absolute atomic E-state index is 0.000814. The summed E-state index contributed by atoms with van der Waals surface area (Å²) in [6.45, 7) is 1.07. The molecule has 7 heteroatoms. The Kier molecular flexibility index (Phi) is 3.46. The van der Waals surface area contributed by atoms with Crippen molar-refractivity contribution in [3.63, 3.8) is 0 Å². The summed E-state index contributed by atoms with van der Waals surface area (Å²) in [5.74, 6) is -0.000814. The van der Waals surface area contributed by atoms with E-state index in [0.717, 1.165) is 12.8 Å². The highest BCUT2D eigenvalue weighted by atomic mass is 35.5. The van der Waals surface area contributed by atoms with Crippen LogP contribution in [-0.2, 0) is 10.2 Å². The average Bonchev–Trinajstić information content (AvgIpc) is 2.76. The van der Waals surface area contributed by atoms with Gasteiger partial charge < -0.3 is 5.11 Å². The molecular weight excluding hydrogens is 264 g/mol. The second-order valence-electron chi connectivity index (χ2n) is 3.88. The van der Waals surface area contributed by atoms with E-state index < -0.39 is 10.2 Å². The molecule has 0 unspecified atom stereocenters. The number of nitrogens with one attached hydrogen (secondary N) is 1. The van der Waals surface area contributed by atoms with Crippen LogP contribution in [0.1, 0.15) is 12.8 Å². The molecular formula is C10H13ClN2O3S. The number of aromatic hydroxyl groups is 1. The van der Waals surface area contributed by atoms with E-state index in [2.05, 4.69) is 4.72 Å². The Hall–Kier alpha value is -0.980. The Bertz CT molecular complexity index is 512. The number of phenols is 1. The van der Waals surface area contributed by atoms with E-state index in [4.69, 9.17) is 11.6 Å². The zero-order valence-electron chi connectivity index (χ0n) is 9.06. The summed E-state index contributed by atoms with van der Waals surface area (Å²) in [5, 5.41) is 9.35. The highest BCUT2D eigenvalue weighted by Crippen LogP contribution is 2.27. The van der Waals surface area contributed by atoms with Crippen LogP contribution in [0.5, 0.6) is 5.75 Å². The van der Waals surface area contributed by atoms with Crippen LogP contribution >= 0.6 is 11.6 Å². The molecule has 1 saturated heterocycles. The Morgan fingerprint density at radius 3 is 2.53 bits per heavy atom. The maximum absolute atomic E-state index is 11.9. The molecule has 2 N–H and O–H groups in total. The van der Waals surface area contributed by atoms with Crippen LogP contribution in [0.25, 0.3) is 0 Å². The van der Waals surface area contributed by atoms with Gasteiger partial charge in [0.25, 0.3) is 0 Å². The highest BCUT2D eigenvalue weighted by Gasteiger charge is 2.25. The molecule has 94 valence electrons. The fraction of sp³-hybridized carbons (Fsp3) is 0.400. The lowest BCUT2D eigenvalue weighted by molar-refractivity contribution is 0.475. The molecule has 0 radical (unpaired) electrons. The van der Waals surface area contributed by atoms with Crippen molar-refractivity contribution < 1.29 is 13.5 Å². The number of anilines is 1. The third-order valence-electron chi connectivity index (χ3n) is 2.60. The molecule has 1 aliphatic heterocycles. The maximum atomic E-state index is 11.9. The van der Waals surface area contributed by atoms with Gasteiger partial charge in [0.15, 0.2) is 0 Å². The van der Waals surface area contributed by atoms with Crippen molar-refractivity contribution in [3.05, 3.63) is 23.2 Å². The Labute approximate surface area is 105 Å². The van der Waals surface area contributed by atoms with Crippen molar-refractivity contribution in [2.24, 2.45) is 0 Å². The summed E-state index contributed by atoms with van der Waals surface area (Å²) >= 11 is 5.84. The summed E-state index contributed by atoms with van der Waals surface area (Å²) in [6.07, 6.45) is 1.76. The summed E-state index contributed by atoms with van der Waals surface area (Å²) < 4.78 is 27.7. The van der Waals surface area contributed by atoms with Crippen LogP contribution in [0, 0.1) is 0 Å². The zero-order valence-corrected chi connectivity index (χ0v) is 10.6. The molecule has 1 fully saturated rings. The molecule has 2 rings (SSSR count). The monoisotopic (exact) mass is 276 g/mol. The van der Waals surface area contributed by atoms with Gasteiger partial charge in [-0.25, -0.2) is 0 Å². The van der Waals surface area contributed by atoms with Crippen LogP contribution in [0.2, 0.25) is 5.02 Å². The zero-order chi connectivity index (χ0) is 12.5. The van der Waals surface area contributed by atoms with Crippen molar-refractivity contribution in [3.8, 4) is 5.75 Å². The predicted molar refractivity (Wildman–Crippen MR) is 66.5 cm³/mol. The van der Waals surface area contributed by atoms with Crippen molar-refractivity contribution in [2.75, 3.05) is 17.8 Å². The molecule has 17 heavy (non-hydrogen) atoms. The van der Waals surface area contributed by atoms with E-state index in [-0.39, 0.29) is 16.5 Å². The largest absolute Gasteiger partial charge is 0.508 e. The molecule has 0 spiro atoms. The van der Waals surface area contributed by atoms with Gasteiger partial charge in [0.2, 0.25) is 0 Å². The molecule has 0 atom stereocenters. The summed E-state index contributed by atoms with van der Waals surface area (Å²) in [4.78, 5) is 0. The van der Waals surface area contributed by atoms with Gasteiger partial charge in [-0.3, -0.25) is 4.72 Å². The topological polar surface area (TPSA) is 69.6 Å². The first-order valence-electron chi connectivity index (χ1n) is 5.25. The SMILES string of the molecule is O=S(=O)(Nc1ccc(O)cc1Cl)N1CCCC1. The number of benzene rings is 1. The van der Waals surface area contributed by atoms with Gasteiger partial charge in [0, 0.05) is 19.2 Å². The lowest BCUT2D eigenvalue weighted by Gasteiger charge is -2.17. The first kappa shape index (κ1) is 12.5. The molecule has 0 aromatic heterocycles. The van der Waals surface area contributed by atoms with Gasteiger partial charge in [0.1, 0.15) is 5.75 Å². The Morgan fingerprint density at radius 1 is 1.29 bits per heavy atom. The van der Waals surface area contributed by atoms with Gasteiger partial charge in [-0.1, -0.05) is 11.6 Å². The Balaban J connectivity index is 2.19. The van der Waals surface area contributed by atoms with Crippen molar-refractivity contribution in [1.82, 2.24) is 4.31 Å². The second kappa shape index (κ2) is 4.72. The van der Waals surface area contributed by atoms with E-state index in [9.17, 15) is 13.5 Å². The van der Waals surface area contributed by atoms with E-state index in [1.54, 1.807) is 0 Å². The molecule has 0 bridgehead atoms. The van der Waals surface area contributed by atoms with Crippen LogP contribution in [0.3, 0.4) is 0 Å². The smallest absolute Gasteiger partial charge is 0.301 e. The standard InChI is InChI=1S/C10H13ClN2O3S/c11-9-7-8(14)3-4-10(9)12-17(15,16)13-5-1-2-6-13/h3-4,7,12,14H,1-2,5-6H2. The number of nitrogens with zero attached hydrogens (tertiary/aromatic N) is 1. The molecule has 1 aromatic rings. The summed E-state index contributed by atoms with van der Waals surface area (Å²) in [5.41, 5.74) is 0.274. The maximum Gasteiger partial charge on any atom is 0.301 e. The number of halogens is 1. The van der Waals surface area contributed by atoms with E-state index >= 15 is 0 Å². The fourth-order valence-electron chi connectivity index (χ4n) is 1.72. The number of hydrogen-bond donors (Lipinski definition) is 2. The van der Waals surface area contributed by atoms with Crippen LogP contribution in [0.4, 0.5) is 5.69 Å². The lowest BCUT2D eigenvalue weighted by atomic mass is 10.3. The van der Waals surface area contributed by atoms with Crippen molar-refractivity contribution >= 4 is 27.5 Å².